The molecule has 240 valence electrons. The molecule has 2 saturated heterocycles. The van der Waals surface area contributed by atoms with E-state index < -0.39 is 0 Å². The van der Waals surface area contributed by atoms with Crippen LogP contribution in [0.1, 0.15) is 94.4 Å². The Morgan fingerprint density at radius 3 is 1.36 bits per heavy atom. The highest BCUT2D eigenvalue weighted by atomic mass is 16.6. The molecular weight excluding hydrogens is 544 g/mol. The average Bonchev–Trinajstić information content (AvgIpc) is 3.83. The number of hydrogen-bond donors (Lipinski definition) is 2. The predicted octanol–water partition coefficient (Wildman–Crippen LogP) is 8.66. The van der Waals surface area contributed by atoms with Gasteiger partial charge in [0.25, 0.3) is 0 Å². The SMILES string of the molecule is CC(/C=C/C=C(C)/C=C/[C@@]12O[C@]1(C)C[C@@H](O)CC2(C)C)=C\C=C\[C@H]1C[C@@H]1/C=C/C=C(C)/C=C/[C@@]12O[C@]1(C)C[C@@H](O)CC2(C)C. The number of aliphatic hydroxyl groups is 2. The molecule has 3 aliphatic carbocycles. The molecule has 44 heavy (non-hydrogen) atoms. The van der Waals surface area contributed by atoms with Crippen LogP contribution in [-0.4, -0.2) is 44.8 Å². The molecule has 0 spiro atoms. The van der Waals surface area contributed by atoms with Gasteiger partial charge in [-0.1, -0.05) is 111 Å². The van der Waals surface area contributed by atoms with E-state index in [1.165, 1.54) is 23.1 Å². The van der Waals surface area contributed by atoms with E-state index >= 15 is 0 Å². The van der Waals surface area contributed by atoms with E-state index in [2.05, 4.69) is 141 Å². The average molecular weight is 601 g/mol. The normalized spacial score (nSPS) is 43.4. The van der Waals surface area contributed by atoms with Crippen molar-refractivity contribution in [2.24, 2.45) is 22.7 Å². The molecule has 4 heteroatoms. The molecule has 0 aromatic heterocycles. The molecule has 5 rings (SSSR count). The summed E-state index contributed by atoms with van der Waals surface area (Å²) in [5, 5.41) is 20.5. The van der Waals surface area contributed by atoms with Crippen molar-refractivity contribution < 1.29 is 19.7 Å². The molecular formula is C40H56O4. The highest BCUT2D eigenvalue weighted by Gasteiger charge is 2.75. The van der Waals surface area contributed by atoms with E-state index in [0.29, 0.717) is 24.7 Å². The van der Waals surface area contributed by atoms with Crippen molar-refractivity contribution in [2.75, 3.05) is 0 Å². The van der Waals surface area contributed by atoms with Crippen LogP contribution in [-0.2, 0) is 9.47 Å². The fourth-order valence-corrected chi connectivity index (χ4v) is 8.55. The lowest BCUT2D eigenvalue weighted by Gasteiger charge is -2.39. The van der Waals surface area contributed by atoms with Crippen molar-refractivity contribution in [3.05, 3.63) is 95.7 Å². The van der Waals surface area contributed by atoms with Crippen molar-refractivity contribution in [3.8, 4) is 0 Å². The summed E-state index contributed by atoms with van der Waals surface area (Å²) in [6.45, 7) is 19.5. The lowest BCUT2D eigenvalue weighted by atomic mass is 9.63. The predicted molar refractivity (Wildman–Crippen MR) is 181 cm³/mol. The second-order valence-electron chi connectivity index (χ2n) is 16.1. The molecule has 2 N–H and O–H groups in total. The maximum Gasteiger partial charge on any atom is 0.121 e. The summed E-state index contributed by atoms with van der Waals surface area (Å²) in [7, 11) is 0. The molecule has 0 unspecified atom stereocenters. The number of hydrogen-bond acceptors (Lipinski definition) is 4. The third-order valence-corrected chi connectivity index (χ3v) is 11.2. The highest BCUT2D eigenvalue weighted by molar-refractivity contribution is 5.38. The van der Waals surface area contributed by atoms with Crippen LogP contribution in [0.3, 0.4) is 0 Å². The second kappa shape index (κ2) is 11.5. The van der Waals surface area contributed by atoms with Crippen LogP contribution in [0, 0.1) is 22.7 Å². The van der Waals surface area contributed by atoms with Gasteiger partial charge in [0.1, 0.15) is 22.4 Å². The third kappa shape index (κ3) is 6.25. The quantitative estimate of drug-likeness (QED) is 0.195. The first-order chi connectivity index (χ1) is 20.5. The molecule has 0 bridgehead atoms. The Balaban J connectivity index is 1.06. The van der Waals surface area contributed by atoms with Gasteiger partial charge in [-0.2, -0.15) is 0 Å². The maximum atomic E-state index is 10.3. The summed E-state index contributed by atoms with van der Waals surface area (Å²) in [5.74, 6) is 1.23. The molecule has 8 atom stereocenters. The lowest BCUT2D eigenvalue weighted by molar-refractivity contribution is 0.0510. The summed E-state index contributed by atoms with van der Waals surface area (Å²) in [6.07, 6.45) is 32.2. The maximum absolute atomic E-state index is 10.3. The van der Waals surface area contributed by atoms with Crippen molar-refractivity contribution >= 4 is 0 Å². The molecule has 0 aromatic carbocycles. The number of epoxide rings is 2. The Kier molecular flexibility index (Phi) is 8.68. The number of ether oxygens (including phenoxy) is 2. The summed E-state index contributed by atoms with van der Waals surface area (Å²) < 4.78 is 12.5. The van der Waals surface area contributed by atoms with Crippen molar-refractivity contribution in [2.45, 2.75) is 129 Å². The molecule has 5 fully saturated rings. The van der Waals surface area contributed by atoms with Crippen LogP contribution in [0.25, 0.3) is 0 Å². The van der Waals surface area contributed by atoms with Gasteiger partial charge in [0, 0.05) is 23.7 Å². The zero-order valence-electron chi connectivity index (χ0n) is 28.6. The van der Waals surface area contributed by atoms with E-state index in [1.54, 1.807) is 0 Å². The Labute approximate surface area is 266 Å². The van der Waals surface area contributed by atoms with Crippen LogP contribution in [0.4, 0.5) is 0 Å². The van der Waals surface area contributed by atoms with Gasteiger partial charge >= 0.3 is 0 Å². The molecule has 4 nitrogen and oxygen atoms in total. The minimum absolute atomic E-state index is 0.0811. The van der Waals surface area contributed by atoms with Gasteiger partial charge in [0.2, 0.25) is 0 Å². The smallest absolute Gasteiger partial charge is 0.121 e. The van der Waals surface area contributed by atoms with Gasteiger partial charge in [0.05, 0.1) is 12.2 Å². The molecule has 2 aliphatic heterocycles. The monoisotopic (exact) mass is 600 g/mol. The minimum atomic E-state index is -0.286. The molecule has 0 radical (unpaired) electrons. The van der Waals surface area contributed by atoms with Crippen molar-refractivity contribution in [1.82, 2.24) is 0 Å². The number of fused-ring (bicyclic) bond motifs is 2. The number of aliphatic hydroxyl groups excluding tert-OH is 2. The minimum Gasteiger partial charge on any atom is -0.393 e. The van der Waals surface area contributed by atoms with Gasteiger partial charge < -0.3 is 19.7 Å². The van der Waals surface area contributed by atoms with E-state index in [-0.39, 0.29) is 45.4 Å². The summed E-state index contributed by atoms with van der Waals surface area (Å²) in [4.78, 5) is 0. The number of allylic oxidation sites excluding steroid dienone is 14. The Bertz CT molecular complexity index is 1370. The van der Waals surface area contributed by atoms with Crippen LogP contribution in [0.15, 0.2) is 95.7 Å². The van der Waals surface area contributed by atoms with Gasteiger partial charge in [0.15, 0.2) is 0 Å². The summed E-state index contributed by atoms with van der Waals surface area (Å²) >= 11 is 0. The molecule has 0 amide bonds. The van der Waals surface area contributed by atoms with Crippen LogP contribution >= 0.6 is 0 Å². The van der Waals surface area contributed by atoms with E-state index in [9.17, 15) is 10.2 Å². The molecule has 3 saturated carbocycles. The second-order valence-corrected chi connectivity index (χ2v) is 16.1. The van der Waals surface area contributed by atoms with Gasteiger partial charge in [-0.25, -0.2) is 0 Å². The van der Waals surface area contributed by atoms with Gasteiger partial charge in [-0.15, -0.1) is 0 Å². The van der Waals surface area contributed by atoms with Crippen LogP contribution < -0.4 is 0 Å². The van der Waals surface area contributed by atoms with Crippen molar-refractivity contribution in [3.63, 3.8) is 0 Å². The topological polar surface area (TPSA) is 65.5 Å². The molecule has 2 heterocycles. The Morgan fingerprint density at radius 2 is 0.955 bits per heavy atom. The summed E-state index contributed by atoms with van der Waals surface area (Å²) in [5.41, 5.74) is 2.37. The highest BCUT2D eigenvalue weighted by Crippen LogP contribution is 2.67. The molecule has 5 aliphatic rings. The first kappa shape index (κ1) is 33.1. The zero-order valence-corrected chi connectivity index (χ0v) is 28.6. The zero-order chi connectivity index (χ0) is 32.2. The van der Waals surface area contributed by atoms with Crippen LogP contribution in [0.5, 0.6) is 0 Å². The largest absolute Gasteiger partial charge is 0.393 e. The third-order valence-electron chi connectivity index (χ3n) is 11.2. The summed E-state index contributed by atoms with van der Waals surface area (Å²) in [6, 6.07) is 0. The van der Waals surface area contributed by atoms with Crippen LogP contribution in [0.2, 0.25) is 0 Å². The first-order valence-electron chi connectivity index (χ1n) is 16.7. The Morgan fingerprint density at radius 1 is 0.568 bits per heavy atom. The van der Waals surface area contributed by atoms with E-state index in [0.717, 1.165) is 12.8 Å². The van der Waals surface area contributed by atoms with Gasteiger partial charge in [-0.05, 0) is 77.9 Å². The molecule has 0 aromatic rings. The fourth-order valence-electron chi connectivity index (χ4n) is 8.55. The number of rotatable bonds is 10. The van der Waals surface area contributed by atoms with E-state index in [1.807, 2.05) is 0 Å². The lowest BCUT2D eigenvalue weighted by Crippen LogP contribution is -2.46. The fraction of sp³-hybridized carbons (Fsp3) is 0.600. The van der Waals surface area contributed by atoms with Crippen molar-refractivity contribution in [1.29, 1.82) is 0 Å². The first-order valence-corrected chi connectivity index (χ1v) is 16.7. The van der Waals surface area contributed by atoms with Gasteiger partial charge in [-0.3, -0.25) is 0 Å². The Hall–Kier alpha value is -2.24. The van der Waals surface area contributed by atoms with E-state index in [4.69, 9.17) is 9.47 Å². The standard InChI is InChI=1S/C40H56O4/c1-28(13-10-14-29(2)19-21-39-35(4,5)24-33(41)26-37(39,8)43-39)15-11-17-31-23-32(31)18-12-16-30(3)20-22-40-36(6,7)25-34(42)27-38(40,9)44-40/h10-22,31-34,41-42H,23-27H2,1-9H3/b13-10+,17-11+,18-12+,21-19+,22-20+,28-15+,29-14+,30-16+/t31-,32-,33-,34-,37+,38+,39-,40-/m0/s1.